The summed E-state index contributed by atoms with van der Waals surface area (Å²) in [4.78, 5) is 29.9. The predicted molar refractivity (Wildman–Crippen MR) is 118 cm³/mol. The number of nitrogens with one attached hydrogen (secondary N) is 2. The topological polar surface area (TPSA) is 106 Å². The van der Waals surface area contributed by atoms with E-state index >= 15 is 0 Å². The molecule has 0 bridgehead atoms. The first-order chi connectivity index (χ1) is 14.9. The monoisotopic (exact) mass is 424 g/mol. The fourth-order valence-electron chi connectivity index (χ4n) is 3.15. The van der Waals surface area contributed by atoms with E-state index in [-0.39, 0.29) is 17.7 Å². The molecule has 2 heterocycles. The van der Waals surface area contributed by atoms with Crippen LogP contribution in [-0.4, -0.2) is 41.7 Å². The SMILES string of the molecule is CCOCCCNC(=O)c1cccc(NC(=O)c2cc(C(C)C)nc3onc(C)c23)c1. The van der Waals surface area contributed by atoms with Crippen molar-refractivity contribution in [2.75, 3.05) is 25.1 Å². The molecule has 0 spiro atoms. The summed E-state index contributed by atoms with van der Waals surface area (Å²) < 4.78 is 10.6. The van der Waals surface area contributed by atoms with Crippen LogP contribution in [0.25, 0.3) is 11.1 Å². The lowest BCUT2D eigenvalue weighted by Gasteiger charge is -2.11. The molecule has 31 heavy (non-hydrogen) atoms. The molecule has 0 saturated carbocycles. The highest BCUT2D eigenvalue weighted by Crippen LogP contribution is 2.26. The molecule has 8 nitrogen and oxygen atoms in total. The quantitative estimate of drug-likeness (QED) is 0.502. The van der Waals surface area contributed by atoms with Gasteiger partial charge < -0.3 is 19.9 Å². The normalized spacial score (nSPS) is 11.1. The van der Waals surface area contributed by atoms with Gasteiger partial charge in [-0.2, -0.15) is 0 Å². The van der Waals surface area contributed by atoms with E-state index in [1.165, 1.54) is 0 Å². The zero-order valence-electron chi connectivity index (χ0n) is 18.3. The molecule has 0 radical (unpaired) electrons. The van der Waals surface area contributed by atoms with E-state index in [2.05, 4.69) is 20.8 Å². The molecule has 8 heteroatoms. The van der Waals surface area contributed by atoms with Crippen LogP contribution in [0.4, 0.5) is 5.69 Å². The minimum absolute atomic E-state index is 0.121. The Labute approximate surface area is 181 Å². The van der Waals surface area contributed by atoms with Gasteiger partial charge in [-0.25, -0.2) is 4.98 Å². The van der Waals surface area contributed by atoms with Gasteiger partial charge in [-0.15, -0.1) is 0 Å². The lowest BCUT2D eigenvalue weighted by Crippen LogP contribution is -2.25. The van der Waals surface area contributed by atoms with E-state index in [1.807, 2.05) is 20.8 Å². The largest absolute Gasteiger partial charge is 0.382 e. The van der Waals surface area contributed by atoms with Crippen LogP contribution in [0.5, 0.6) is 0 Å². The fraction of sp³-hybridized carbons (Fsp3) is 0.391. The van der Waals surface area contributed by atoms with Crippen LogP contribution >= 0.6 is 0 Å². The zero-order chi connectivity index (χ0) is 22.4. The number of ether oxygens (including phenoxy) is 1. The number of benzene rings is 1. The van der Waals surface area contributed by atoms with Crippen molar-refractivity contribution in [1.29, 1.82) is 0 Å². The number of aryl methyl sites for hydroxylation is 1. The number of hydrogen-bond donors (Lipinski definition) is 2. The number of carbonyl (C=O) groups excluding carboxylic acids is 2. The van der Waals surface area contributed by atoms with Crippen LogP contribution in [0.2, 0.25) is 0 Å². The van der Waals surface area contributed by atoms with Gasteiger partial charge in [0.25, 0.3) is 17.5 Å². The van der Waals surface area contributed by atoms with Gasteiger partial charge in [-0.1, -0.05) is 25.1 Å². The van der Waals surface area contributed by atoms with Crippen LogP contribution in [0.1, 0.15) is 65.2 Å². The number of carbonyl (C=O) groups is 2. The molecule has 0 aliphatic heterocycles. The predicted octanol–water partition coefficient (Wildman–Crippen LogP) is 4.06. The van der Waals surface area contributed by atoms with Crippen molar-refractivity contribution in [3.8, 4) is 0 Å². The summed E-state index contributed by atoms with van der Waals surface area (Å²) in [6.45, 7) is 9.49. The summed E-state index contributed by atoms with van der Waals surface area (Å²) in [5.74, 6) is -0.387. The molecule has 2 N–H and O–H groups in total. The highest BCUT2D eigenvalue weighted by atomic mass is 16.5. The summed E-state index contributed by atoms with van der Waals surface area (Å²) in [5.41, 5.74) is 3.12. The third kappa shape index (κ3) is 5.46. The van der Waals surface area contributed by atoms with Crippen molar-refractivity contribution < 1.29 is 18.8 Å². The molecule has 0 saturated heterocycles. The maximum atomic E-state index is 13.1. The van der Waals surface area contributed by atoms with Crippen LogP contribution < -0.4 is 10.6 Å². The van der Waals surface area contributed by atoms with Crippen LogP contribution in [0, 0.1) is 6.92 Å². The number of hydrogen-bond acceptors (Lipinski definition) is 6. The first-order valence-electron chi connectivity index (χ1n) is 10.4. The second-order valence-electron chi connectivity index (χ2n) is 7.54. The average molecular weight is 425 g/mol. The second-order valence-corrected chi connectivity index (χ2v) is 7.54. The van der Waals surface area contributed by atoms with Gasteiger partial charge >= 0.3 is 0 Å². The molecule has 0 aliphatic rings. The second kappa shape index (κ2) is 10.2. The Kier molecular flexibility index (Phi) is 7.36. The van der Waals surface area contributed by atoms with Crippen molar-refractivity contribution in [3.05, 3.63) is 52.8 Å². The van der Waals surface area contributed by atoms with E-state index in [1.54, 1.807) is 37.3 Å². The van der Waals surface area contributed by atoms with E-state index < -0.39 is 0 Å². The number of rotatable bonds is 9. The highest BCUT2D eigenvalue weighted by Gasteiger charge is 2.20. The van der Waals surface area contributed by atoms with E-state index in [0.29, 0.717) is 53.4 Å². The lowest BCUT2D eigenvalue weighted by atomic mass is 10.0. The number of fused-ring (bicyclic) bond motifs is 1. The third-order valence-electron chi connectivity index (χ3n) is 4.81. The van der Waals surface area contributed by atoms with Crippen LogP contribution in [0.15, 0.2) is 34.9 Å². The minimum Gasteiger partial charge on any atom is -0.382 e. The Morgan fingerprint density at radius 3 is 2.74 bits per heavy atom. The van der Waals surface area contributed by atoms with Crippen molar-refractivity contribution in [2.45, 2.75) is 40.0 Å². The third-order valence-corrected chi connectivity index (χ3v) is 4.81. The number of aromatic nitrogens is 2. The molecule has 3 rings (SSSR count). The van der Waals surface area contributed by atoms with Gasteiger partial charge in [0, 0.05) is 36.7 Å². The zero-order valence-corrected chi connectivity index (χ0v) is 18.3. The van der Waals surface area contributed by atoms with Gasteiger partial charge in [0.15, 0.2) is 0 Å². The van der Waals surface area contributed by atoms with Gasteiger partial charge in [0.1, 0.15) is 0 Å². The Morgan fingerprint density at radius 2 is 2.00 bits per heavy atom. The summed E-state index contributed by atoms with van der Waals surface area (Å²) in [6.07, 6.45) is 0.740. The maximum absolute atomic E-state index is 13.1. The van der Waals surface area contributed by atoms with Crippen LogP contribution in [-0.2, 0) is 4.74 Å². The molecule has 2 aromatic heterocycles. The molecule has 0 aliphatic carbocycles. The standard InChI is InChI=1S/C23H28N4O4/c1-5-30-11-7-10-24-21(28)16-8-6-9-17(12-16)25-22(29)18-13-19(14(2)3)26-23-20(18)15(4)27-31-23/h6,8-9,12-14H,5,7,10-11H2,1-4H3,(H,24,28)(H,25,29). The van der Waals surface area contributed by atoms with Gasteiger partial charge in [-0.05, 0) is 50.5 Å². The minimum atomic E-state index is -0.310. The number of nitrogens with zero attached hydrogens (tertiary/aromatic N) is 2. The molecular formula is C23H28N4O4. The van der Waals surface area contributed by atoms with Crippen molar-refractivity contribution >= 4 is 28.6 Å². The molecule has 3 aromatic rings. The molecule has 0 fully saturated rings. The van der Waals surface area contributed by atoms with Gasteiger partial charge in [0.2, 0.25) is 0 Å². The lowest BCUT2D eigenvalue weighted by molar-refractivity contribution is 0.0943. The van der Waals surface area contributed by atoms with Crippen molar-refractivity contribution in [1.82, 2.24) is 15.5 Å². The molecular weight excluding hydrogens is 396 g/mol. The highest BCUT2D eigenvalue weighted by molar-refractivity contribution is 6.12. The number of anilines is 1. The summed E-state index contributed by atoms with van der Waals surface area (Å²) >= 11 is 0. The van der Waals surface area contributed by atoms with E-state index in [9.17, 15) is 9.59 Å². The fourth-order valence-corrected chi connectivity index (χ4v) is 3.15. The Morgan fingerprint density at radius 1 is 1.19 bits per heavy atom. The smallest absolute Gasteiger partial charge is 0.259 e. The summed E-state index contributed by atoms with van der Waals surface area (Å²) in [7, 11) is 0. The maximum Gasteiger partial charge on any atom is 0.259 e. The summed E-state index contributed by atoms with van der Waals surface area (Å²) in [6, 6.07) is 8.60. The molecule has 0 unspecified atom stereocenters. The van der Waals surface area contributed by atoms with E-state index in [4.69, 9.17) is 9.26 Å². The molecule has 1 aromatic carbocycles. The van der Waals surface area contributed by atoms with Gasteiger partial charge in [-0.3, -0.25) is 9.59 Å². The van der Waals surface area contributed by atoms with E-state index in [0.717, 1.165) is 12.1 Å². The first kappa shape index (κ1) is 22.4. The van der Waals surface area contributed by atoms with Crippen molar-refractivity contribution in [3.63, 3.8) is 0 Å². The van der Waals surface area contributed by atoms with Crippen molar-refractivity contribution in [2.24, 2.45) is 0 Å². The number of pyridine rings is 1. The Balaban J connectivity index is 1.76. The molecule has 164 valence electrons. The number of amides is 2. The molecule has 0 atom stereocenters. The average Bonchev–Trinajstić information content (AvgIpc) is 3.13. The Bertz CT molecular complexity index is 1070. The summed E-state index contributed by atoms with van der Waals surface area (Å²) in [5, 5.41) is 10.3. The van der Waals surface area contributed by atoms with Crippen LogP contribution in [0.3, 0.4) is 0 Å². The van der Waals surface area contributed by atoms with Gasteiger partial charge in [0.05, 0.1) is 16.6 Å². The molecule has 2 amide bonds. The first-order valence-corrected chi connectivity index (χ1v) is 10.4. The Hall–Kier alpha value is -3.26.